The summed E-state index contributed by atoms with van der Waals surface area (Å²) in [5.74, 6) is -0.0947. The summed E-state index contributed by atoms with van der Waals surface area (Å²) in [6, 6.07) is 0. The van der Waals surface area contributed by atoms with Gasteiger partial charge in [0.05, 0.1) is 11.8 Å². The maximum absolute atomic E-state index is 11.8. The van der Waals surface area contributed by atoms with Crippen LogP contribution in [0.4, 0.5) is 0 Å². The van der Waals surface area contributed by atoms with Crippen LogP contribution in [0.5, 0.6) is 0 Å². The van der Waals surface area contributed by atoms with E-state index in [1.807, 2.05) is 6.92 Å². The highest BCUT2D eigenvalue weighted by molar-refractivity contribution is 7.90. The van der Waals surface area contributed by atoms with E-state index in [0.29, 0.717) is 6.54 Å². The van der Waals surface area contributed by atoms with Gasteiger partial charge in [-0.2, -0.15) is 4.31 Å². The van der Waals surface area contributed by atoms with E-state index in [2.05, 4.69) is 0 Å². The van der Waals surface area contributed by atoms with Crippen molar-refractivity contribution in [3.63, 3.8) is 0 Å². The Bertz CT molecular complexity index is 309. The van der Waals surface area contributed by atoms with Crippen molar-refractivity contribution in [1.29, 1.82) is 5.41 Å². The summed E-state index contributed by atoms with van der Waals surface area (Å²) < 4.78 is 24.9. The number of amidine groups is 1. The van der Waals surface area contributed by atoms with Crippen LogP contribution in [0.25, 0.3) is 0 Å². The maximum Gasteiger partial charge on any atom is 0.217 e. The zero-order valence-corrected chi connectivity index (χ0v) is 9.18. The first-order chi connectivity index (χ1) is 6.48. The van der Waals surface area contributed by atoms with Crippen molar-refractivity contribution in [3.8, 4) is 0 Å². The molecule has 1 saturated carbocycles. The molecule has 0 aromatic heterocycles. The Balaban J connectivity index is 2.70. The Labute approximate surface area is 84.8 Å². The molecule has 0 bridgehead atoms. The van der Waals surface area contributed by atoms with Crippen LogP contribution in [0.2, 0.25) is 0 Å². The summed E-state index contributed by atoms with van der Waals surface area (Å²) in [5, 5.41) is 6.90. The second kappa shape index (κ2) is 4.27. The van der Waals surface area contributed by atoms with Gasteiger partial charge in [0.1, 0.15) is 5.84 Å². The first kappa shape index (κ1) is 11.5. The van der Waals surface area contributed by atoms with Crippen molar-refractivity contribution >= 4 is 15.9 Å². The molecule has 1 aliphatic carbocycles. The minimum atomic E-state index is -3.17. The van der Waals surface area contributed by atoms with Crippen molar-refractivity contribution < 1.29 is 8.42 Å². The number of rotatable bonds is 6. The first-order valence-corrected chi connectivity index (χ1v) is 6.30. The lowest BCUT2D eigenvalue weighted by Crippen LogP contribution is -2.40. The molecule has 0 aliphatic heterocycles. The molecule has 0 heterocycles. The Kier molecular flexibility index (Phi) is 3.49. The predicted octanol–water partition coefficient (Wildman–Crippen LogP) is 0.127. The van der Waals surface area contributed by atoms with E-state index in [1.54, 1.807) is 0 Å². The molecule has 1 aliphatic rings. The Morgan fingerprint density at radius 1 is 1.57 bits per heavy atom. The number of hydrogen-bond acceptors (Lipinski definition) is 3. The summed E-state index contributed by atoms with van der Waals surface area (Å²) in [4.78, 5) is 0. The normalized spacial score (nSPS) is 17.3. The fourth-order valence-electron chi connectivity index (χ4n) is 1.31. The van der Waals surface area contributed by atoms with Gasteiger partial charge in [0, 0.05) is 6.54 Å². The molecule has 6 heteroatoms. The molecule has 1 rings (SSSR count). The minimum absolute atomic E-state index is 0.0344. The van der Waals surface area contributed by atoms with E-state index in [1.165, 1.54) is 4.31 Å². The highest BCUT2D eigenvalue weighted by atomic mass is 32.2. The maximum atomic E-state index is 11.8. The van der Waals surface area contributed by atoms with E-state index in [-0.39, 0.29) is 17.6 Å². The van der Waals surface area contributed by atoms with E-state index >= 15 is 0 Å². The summed E-state index contributed by atoms with van der Waals surface area (Å²) in [7, 11) is -3.17. The number of sulfonamides is 1. The molecule has 0 spiro atoms. The number of nitrogens with two attached hydrogens (primary N) is 1. The van der Waals surface area contributed by atoms with Crippen molar-refractivity contribution in [1.82, 2.24) is 4.31 Å². The number of nitrogens with one attached hydrogen (secondary N) is 1. The van der Waals surface area contributed by atoms with E-state index in [0.717, 1.165) is 19.3 Å². The third-order valence-corrected chi connectivity index (χ3v) is 4.47. The molecular weight excluding hydrogens is 202 g/mol. The lowest BCUT2D eigenvalue weighted by molar-refractivity contribution is 0.446. The first-order valence-electron chi connectivity index (χ1n) is 4.80. The molecule has 5 nitrogen and oxygen atoms in total. The summed E-state index contributed by atoms with van der Waals surface area (Å²) >= 11 is 0. The molecule has 14 heavy (non-hydrogen) atoms. The van der Waals surface area contributed by atoms with Crippen molar-refractivity contribution in [2.75, 3.05) is 13.1 Å². The molecule has 0 unspecified atom stereocenters. The third-order valence-electron chi connectivity index (χ3n) is 2.13. The summed E-state index contributed by atoms with van der Waals surface area (Å²) in [6.07, 6.45) is 2.25. The highest BCUT2D eigenvalue weighted by Gasteiger charge is 2.39. The quantitative estimate of drug-likeness (QED) is 0.491. The molecular formula is C8H17N3O2S. The molecule has 3 N–H and O–H groups in total. The van der Waals surface area contributed by atoms with Crippen molar-refractivity contribution in [3.05, 3.63) is 0 Å². The van der Waals surface area contributed by atoms with Crippen molar-refractivity contribution in [2.45, 2.75) is 31.4 Å². The standard InChI is InChI=1S/C8H17N3O2S/c1-2-5-11(6-8(9)10)14(12,13)7-3-4-7/h7H,2-6H2,1H3,(H3,9,10). The van der Waals surface area contributed by atoms with Crippen LogP contribution in [0.3, 0.4) is 0 Å². The third kappa shape index (κ3) is 2.68. The van der Waals surface area contributed by atoms with Gasteiger partial charge in [0.2, 0.25) is 10.0 Å². The predicted molar refractivity (Wildman–Crippen MR) is 55.7 cm³/mol. The Hall–Kier alpha value is -0.620. The van der Waals surface area contributed by atoms with E-state index in [9.17, 15) is 8.42 Å². The average Bonchev–Trinajstić information content (AvgIpc) is 2.84. The monoisotopic (exact) mass is 219 g/mol. The Morgan fingerprint density at radius 3 is 2.50 bits per heavy atom. The number of nitrogens with zero attached hydrogens (tertiary/aromatic N) is 1. The molecule has 82 valence electrons. The minimum Gasteiger partial charge on any atom is -0.387 e. The zero-order valence-electron chi connectivity index (χ0n) is 8.36. The van der Waals surface area contributed by atoms with Crippen molar-refractivity contribution in [2.24, 2.45) is 5.73 Å². The molecule has 0 aromatic carbocycles. The summed E-state index contributed by atoms with van der Waals surface area (Å²) in [6.45, 7) is 2.40. The van der Waals surface area contributed by atoms with Gasteiger partial charge < -0.3 is 5.73 Å². The summed E-state index contributed by atoms with van der Waals surface area (Å²) in [5.41, 5.74) is 5.22. The molecule has 0 radical (unpaired) electrons. The van der Waals surface area contributed by atoms with Gasteiger partial charge in [-0.05, 0) is 19.3 Å². The zero-order chi connectivity index (χ0) is 10.8. The fourth-order valence-corrected chi connectivity index (χ4v) is 3.22. The molecule has 0 amide bonds. The second-order valence-electron chi connectivity index (χ2n) is 3.60. The SMILES string of the molecule is CCCN(CC(=N)N)S(=O)(=O)C1CC1. The lowest BCUT2D eigenvalue weighted by atomic mass is 10.4. The van der Waals surface area contributed by atoms with Crippen LogP contribution in [0, 0.1) is 5.41 Å². The van der Waals surface area contributed by atoms with Gasteiger partial charge in [0.25, 0.3) is 0 Å². The van der Waals surface area contributed by atoms with Crippen LogP contribution in [0.1, 0.15) is 26.2 Å². The molecule has 0 atom stereocenters. The van der Waals surface area contributed by atoms with Crippen LogP contribution in [-0.2, 0) is 10.0 Å². The Morgan fingerprint density at radius 2 is 2.14 bits per heavy atom. The van der Waals surface area contributed by atoms with Gasteiger partial charge in [-0.1, -0.05) is 6.92 Å². The number of hydrogen-bond donors (Lipinski definition) is 2. The van der Waals surface area contributed by atoms with Gasteiger partial charge >= 0.3 is 0 Å². The van der Waals surface area contributed by atoms with Crippen LogP contribution in [0.15, 0.2) is 0 Å². The van der Waals surface area contributed by atoms with Gasteiger partial charge in [-0.3, -0.25) is 5.41 Å². The highest BCUT2D eigenvalue weighted by Crippen LogP contribution is 2.30. The molecule has 1 fully saturated rings. The van der Waals surface area contributed by atoms with Gasteiger partial charge in [-0.25, -0.2) is 8.42 Å². The lowest BCUT2D eigenvalue weighted by Gasteiger charge is -2.20. The van der Waals surface area contributed by atoms with Crippen LogP contribution in [-0.4, -0.2) is 36.9 Å². The smallest absolute Gasteiger partial charge is 0.217 e. The van der Waals surface area contributed by atoms with Gasteiger partial charge in [-0.15, -0.1) is 0 Å². The molecule has 0 saturated heterocycles. The van der Waals surface area contributed by atoms with E-state index in [4.69, 9.17) is 11.1 Å². The van der Waals surface area contributed by atoms with E-state index < -0.39 is 10.0 Å². The second-order valence-corrected chi connectivity index (χ2v) is 5.82. The average molecular weight is 219 g/mol. The fraction of sp³-hybridized carbons (Fsp3) is 0.875. The largest absolute Gasteiger partial charge is 0.387 e. The topological polar surface area (TPSA) is 87.2 Å². The van der Waals surface area contributed by atoms with Crippen LogP contribution < -0.4 is 5.73 Å². The van der Waals surface area contributed by atoms with Crippen LogP contribution >= 0.6 is 0 Å². The molecule has 0 aromatic rings. The van der Waals surface area contributed by atoms with Gasteiger partial charge in [0.15, 0.2) is 0 Å².